The van der Waals surface area contributed by atoms with Gasteiger partial charge in [0.15, 0.2) is 0 Å². The molecule has 0 radical (unpaired) electrons. The Morgan fingerprint density at radius 1 is 1.12 bits per heavy atom. The third-order valence-corrected chi connectivity index (χ3v) is 4.03. The summed E-state index contributed by atoms with van der Waals surface area (Å²) < 4.78 is 0. The van der Waals surface area contributed by atoms with E-state index in [1.807, 2.05) is 37.3 Å². The molecular weight excluding hydrogens is 324 g/mol. The summed E-state index contributed by atoms with van der Waals surface area (Å²) >= 11 is 1.29. The third-order valence-electron chi connectivity index (χ3n) is 3.20. The van der Waals surface area contributed by atoms with Crippen LogP contribution in [0.1, 0.15) is 11.1 Å². The zero-order chi connectivity index (χ0) is 17.5. The van der Waals surface area contributed by atoms with E-state index in [0.29, 0.717) is 10.6 Å². The molecule has 6 nitrogen and oxygen atoms in total. The van der Waals surface area contributed by atoms with Gasteiger partial charge in [0.2, 0.25) is 11.8 Å². The number of benzene rings is 1. The summed E-state index contributed by atoms with van der Waals surface area (Å²) in [5.41, 5.74) is 2.28. The van der Waals surface area contributed by atoms with E-state index in [9.17, 15) is 9.59 Å². The standard InChI is InChI=1S/C17H18N4O2S/c1-12-3-5-14(6-4-12)19-15(22)10-21(2)11-16(23)20-17-13(9-18)7-8-24-17/h3-8H,10-11H2,1-2H3,(H,19,22)(H,20,23). The van der Waals surface area contributed by atoms with E-state index in [2.05, 4.69) is 10.6 Å². The first-order valence-corrected chi connectivity index (χ1v) is 8.18. The maximum Gasteiger partial charge on any atom is 0.239 e. The molecular formula is C17H18N4O2S. The van der Waals surface area contributed by atoms with Crippen LogP contribution in [-0.2, 0) is 9.59 Å². The molecule has 1 aromatic carbocycles. The number of hydrogen-bond acceptors (Lipinski definition) is 5. The zero-order valence-electron chi connectivity index (χ0n) is 13.5. The van der Waals surface area contributed by atoms with Gasteiger partial charge < -0.3 is 10.6 Å². The van der Waals surface area contributed by atoms with Gasteiger partial charge in [0.1, 0.15) is 11.1 Å². The number of hydrogen-bond donors (Lipinski definition) is 2. The predicted molar refractivity (Wildman–Crippen MR) is 95.0 cm³/mol. The van der Waals surface area contributed by atoms with Crippen molar-refractivity contribution in [1.82, 2.24) is 4.90 Å². The molecule has 7 heteroatoms. The van der Waals surface area contributed by atoms with E-state index in [0.717, 1.165) is 11.3 Å². The lowest BCUT2D eigenvalue weighted by molar-refractivity contribution is -0.119. The summed E-state index contributed by atoms with van der Waals surface area (Å²) in [4.78, 5) is 25.6. The fraction of sp³-hybridized carbons (Fsp3) is 0.235. The van der Waals surface area contributed by atoms with Gasteiger partial charge in [0.25, 0.3) is 0 Å². The van der Waals surface area contributed by atoms with Gasteiger partial charge in [-0.2, -0.15) is 5.26 Å². The Balaban J connectivity index is 1.80. The predicted octanol–water partition coefficient (Wildman–Crippen LogP) is 2.44. The lowest BCUT2D eigenvalue weighted by Crippen LogP contribution is -2.36. The Hall–Kier alpha value is -2.69. The molecule has 0 atom stereocenters. The molecule has 2 N–H and O–H groups in total. The van der Waals surface area contributed by atoms with Gasteiger partial charge in [-0.1, -0.05) is 17.7 Å². The fourth-order valence-electron chi connectivity index (χ4n) is 2.04. The van der Waals surface area contributed by atoms with Crippen LogP contribution in [0.2, 0.25) is 0 Å². The van der Waals surface area contributed by atoms with Crippen LogP contribution in [0.25, 0.3) is 0 Å². The minimum atomic E-state index is -0.264. The maximum atomic E-state index is 12.0. The molecule has 2 aromatic rings. The number of aryl methyl sites for hydroxylation is 1. The Labute approximate surface area is 144 Å². The van der Waals surface area contributed by atoms with Crippen molar-refractivity contribution < 1.29 is 9.59 Å². The summed E-state index contributed by atoms with van der Waals surface area (Å²) in [5.74, 6) is -0.456. The summed E-state index contributed by atoms with van der Waals surface area (Å²) in [6, 6.07) is 11.2. The van der Waals surface area contributed by atoms with Crippen molar-refractivity contribution in [2.24, 2.45) is 0 Å². The number of nitrogens with zero attached hydrogens (tertiary/aromatic N) is 2. The molecule has 1 aromatic heterocycles. The Morgan fingerprint density at radius 2 is 1.75 bits per heavy atom. The number of rotatable bonds is 6. The summed E-state index contributed by atoms with van der Waals surface area (Å²) in [5, 5.41) is 16.7. The molecule has 2 amide bonds. The third kappa shape index (κ3) is 5.19. The first kappa shape index (κ1) is 17.7. The van der Waals surface area contributed by atoms with Crippen LogP contribution in [0, 0.1) is 18.3 Å². The van der Waals surface area contributed by atoms with Crippen molar-refractivity contribution in [1.29, 1.82) is 5.26 Å². The smallest absolute Gasteiger partial charge is 0.239 e. The topological polar surface area (TPSA) is 85.2 Å². The molecule has 0 saturated carbocycles. The van der Waals surface area contributed by atoms with E-state index in [1.54, 1.807) is 23.4 Å². The minimum Gasteiger partial charge on any atom is -0.325 e. The van der Waals surface area contributed by atoms with E-state index >= 15 is 0 Å². The maximum absolute atomic E-state index is 12.0. The van der Waals surface area contributed by atoms with Crippen molar-refractivity contribution >= 4 is 33.8 Å². The number of carbonyl (C=O) groups is 2. The van der Waals surface area contributed by atoms with Crippen molar-refractivity contribution in [3.05, 3.63) is 46.8 Å². The second-order valence-corrected chi connectivity index (χ2v) is 6.33. The average molecular weight is 342 g/mol. The molecule has 0 unspecified atom stereocenters. The molecule has 124 valence electrons. The molecule has 0 aliphatic carbocycles. The molecule has 0 saturated heterocycles. The van der Waals surface area contributed by atoms with Crippen LogP contribution in [0.4, 0.5) is 10.7 Å². The highest BCUT2D eigenvalue weighted by Gasteiger charge is 2.13. The van der Waals surface area contributed by atoms with Crippen molar-refractivity contribution in [3.63, 3.8) is 0 Å². The van der Waals surface area contributed by atoms with Gasteiger partial charge in [-0.25, -0.2) is 0 Å². The number of carbonyl (C=O) groups excluding carboxylic acids is 2. The summed E-state index contributed by atoms with van der Waals surface area (Å²) in [7, 11) is 1.69. The number of nitriles is 1. The van der Waals surface area contributed by atoms with Crippen LogP contribution in [0.3, 0.4) is 0 Å². The highest BCUT2D eigenvalue weighted by atomic mass is 32.1. The number of anilines is 2. The minimum absolute atomic E-state index is 0.0596. The van der Waals surface area contributed by atoms with E-state index in [1.165, 1.54) is 11.3 Å². The number of amides is 2. The molecule has 0 fully saturated rings. The summed E-state index contributed by atoms with van der Waals surface area (Å²) in [6.45, 7) is 2.13. The largest absolute Gasteiger partial charge is 0.325 e. The highest BCUT2D eigenvalue weighted by molar-refractivity contribution is 7.14. The van der Waals surface area contributed by atoms with Gasteiger partial charge in [-0.05, 0) is 37.6 Å². The first-order valence-electron chi connectivity index (χ1n) is 7.30. The van der Waals surface area contributed by atoms with E-state index in [4.69, 9.17) is 5.26 Å². The quantitative estimate of drug-likeness (QED) is 0.844. The van der Waals surface area contributed by atoms with E-state index < -0.39 is 0 Å². The monoisotopic (exact) mass is 342 g/mol. The van der Waals surface area contributed by atoms with Crippen LogP contribution < -0.4 is 10.6 Å². The average Bonchev–Trinajstić information content (AvgIpc) is 2.96. The SMILES string of the molecule is Cc1ccc(NC(=O)CN(C)CC(=O)Nc2sccc2C#N)cc1. The van der Waals surface area contributed by atoms with Gasteiger partial charge in [0.05, 0.1) is 18.7 Å². The van der Waals surface area contributed by atoms with E-state index in [-0.39, 0.29) is 24.9 Å². The Kier molecular flexibility index (Phi) is 6.07. The van der Waals surface area contributed by atoms with Gasteiger partial charge in [-0.15, -0.1) is 11.3 Å². The fourth-order valence-corrected chi connectivity index (χ4v) is 2.80. The van der Waals surface area contributed by atoms with Gasteiger partial charge in [-0.3, -0.25) is 14.5 Å². The summed E-state index contributed by atoms with van der Waals surface area (Å²) in [6.07, 6.45) is 0. The van der Waals surface area contributed by atoms with Gasteiger partial charge in [0, 0.05) is 5.69 Å². The second-order valence-electron chi connectivity index (χ2n) is 5.41. The number of nitrogens with one attached hydrogen (secondary N) is 2. The first-order chi connectivity index (χ1) is 11.5. The molecule has 0 aliphatic heterocycles. The lowest BCUT2D eigenvalue weighted by Gasteiger charge is -2.15. The second kappa shape index (κ2) is 8.24. The lowest BCUT2D eigenvalue weighted by atomic mass is 10.2. The Morgan fingerprint density at radius 3 is 2.38 bits per heavy atom. The molecule has 24 heavy (non-hydrogen) atoms. The molecule has 0 bridgehead atoms. The van der Waals surface area contributed by atoms with Crippen LogP contribution in [0.15, 0.2) is 35.7 Å². The normalized spacial score (nSPS) is 10.2. The number of likely N-dealkylation sites (N-methyl/N-ethyl adjacent to an activating group) is 1. The molecule has 0 spiro atoms. The van der Waals surface area contributed by atoms with Crippen molar-refractivity contribution in [2.45, 2.75) is 6.92 Å². The molecule has 0 aliphatic rings. The number of thiophene rings is 1. The highest BCUT2D eigenvalue weighted by Crippen LogP contribution is 2.21. The van der Waals surface area contributed by atoms with Crippen molar-refractivity contribution in [2.75, 3.05) is 30.8 Å². The van der Waals surface area contributed by atoms with Crippen LogP contribution >= 0.6 is 11.3 Å². The molecule has 2 rings (SSSR count). The Bertz CT molecular complexity index is 762. The molecule has 1 heterocycles. The van der Waals surface area contributed by atoms with Crippen LogP contribution in [-0.4, -0.2) is 36.9 Å². The van der Waals surface area contributed by atoms with Gasteiger partial charge >= 0.3 is 0 Å². The van der Waals surface area contributed by atoms with Crippen LogP contribution in [0.5, 0.6) is 0 Å². The van der Waals surface area contributed by atoms with Crippen molar-refractivity contribution in [3.8, 4) is 6.07 Å². The zero-order valence-corrected chi connectivity index (χ0v) is 14.3.